The van der Waals surface area contributed by atoms with Crippen LogP contribution in [0.2, 0.25) is 0 Å². The van der Waals surface area contributed by atoms with Gasteiger partial charge in [-0.3, -0.25) is 4.72 Å². The van der Waals surface area contributed by atoms with E-state index in [0.29, 0.717) is 8.95 Å². The van der Waals surface area contributed by atoms with E-state index < -0.39 is 16.0 Å². The molecule has 0 saturated heterocycles. The number of anilines is 1. The smallest absolute Gasteiger partial charge is 0.263 e. The first-order chi connectivity index (χ1) is 8.88. The summed E-state index contributed by atoms with van der Waals surface area (Å²) in [5.74, 6) is -0.674. The van der Waals surface area contributed by atoms with Crippen LogP contribution in [0.15, 0.2) is 50.4 Å². The lowest BCUT2D eigenvalue weighted by molar-refractivity contribution is 0.583. The summed E-state index contributed by atoms with van der Waals surface area (Å²) in [6.45, 7) is 0. The molecule has 0 saturated carbocycles. The Hall–Kier alpha value is -0.990. The van der Waals surface area contributed by atoms with Crippen LogP contribution in [0.25, 0.3) is 0 Å². The van der Waals surface area contributed by atoms with Gasteiger partial charge in [0.05, 0.1) is 11.9 Å². The van der Waals surface area contributed by atoms with Crippen LogP contribution >= 0.6 is 31.9 Å². The first-order valence-electron chi connectivity index (χ1n) is 4.98. The van der Waals surface area contributed by atoms with Gasteiger partial charge in [-0.15, -0.1) is 0 Å². The molecule has 100 valence electrons. The summed E-state index contributed by atoms with van der Waals surface area (Å²) in [4.78, 5) is 3.46. The Labute approximate surface area is 126 Å². The summed E-state index contributed by atoms with van der Waals surface area (Å²) in [7, 11) is -3.77. The molecule has 0 radical (unpaired) electrons. The van der Waals surface area contributed by atoms with Crippen molar-refractivity contribution in [2.24, 2.45) is 0 Å². The van der Waals surface area contributed by atoms with Crippen molar-refractivity contribution in [1.82, 2.24) is 4.98 Å². The van der Waals surface area contributed by atoms with E-state index in [9.17, 15) is 12.8 Å². The van der Waals surface area contributed by atoms with Gasteiger partial charge >= 0.3 is 0 Å². The number of pyridine rings is 1. The van der Waals surface area contributed by atoms with Crippen LogP contribution in [0, 0.1) is 5.95 Å². The largest absolute Gasteiger partial charge is 0.278 e. The van der Waals surface area contributed by atoms with Gasteiger partial charge in [0.25, 0.3) is 10.0 Å². The van der Waals surface area contributed by atoms with Crippen molar-refractivity contribution in [2.75, 3.05) is 4.72 Å². The predicted molar refractivity (Wildman–Crippen MR) is 76.8 cm³/mol. The number of nitrogens with one attached hydrogen (secondary N) is 1. The van der Waals surface area contributed by atoms with Gasteiger partial charge in [-0.25, -0.2) is 13.4 Å². The zero-order chi connectivity index (χ0) is 14.0. The second-order valence-corrected chi connectivity index (χ2v) is 6.97. The van der Waals surface area contributed by atoms with Gasteiger partial charge in [0.2, 0.25) is 5.95 Å². The lowest BCUT2D eigenvalue weighted by atomic mass is 10.4. The van der Waals surface area contributed by atoms with Crippen molar-refractivity contribution in [3.63, 3.8) is 0 Å². The van der Waals surface area contributed by atoms with Gasteiger partial charge < -0.3 is 0 Å². The molecule has 0 bridgehead atoms. The maximum atomic E-state index is 12.7. The molecule has 0 aliphatic rings. The number of sulfonamides is 1. The van der Waals surface area contributed by atoms with Crippen molar-refractivity contribution in [2.45, 2.75) is 4.90 Å². The molecule has 1 heterocycles. The van der Waals surface area contributed by atoms with E-state index in [2.05, 4.69) is 41.6 Å². The number of halogens is 3. The van der Waals surface area contributed by atoms with Crippen molar-refractivity contribution in [3.05, 3.63) is 51.4 Å². The van der Waals surface area contributed by atoms with Crippen LogP contribution in [0.4, 0.5) is 10.1 Å². The zero-order valence-electron chi connectivity index (χ0n) is 9.27. The Kier molecular flexibility index (Phi) is 4.22. The van der Waals surface area contributed by atoms with E-state index in [1.807, 2.05) is 0 Å². The Balaban J connectivity index is 2.37. The number of hydrogen-bond acceptors (Lipinski definition) is 3. The number of aromatic nitrogens is 1. The van der Waals surface area contributed by atoms with Gasteiger partial charge in [-0.05, 0) is 46.3 Å². The monoisotopic (exact) mass is 408 g/mol. The topological polar surface area (TPSA) is 59.1 Å². The predicted octanol–water partition coefficient (Wildman–Crippen LogP) is 3.55. The zero-order valence-corrected chi connectivity index (χ0v) is 13.3. The highest BCUT2D eigenvalue weighted by molar-refractivity contribution is 9.11. The highest BCUT2D eigenvalue weighted by atomic mass is 79.9. The van der Waals surface area contributed by atoms with E-state index in [-0.39, 0.29) is 10.6 Å². The molecule has 0 spiro atoms. The van der Waals surface area contributed by atoms with Crippen LogP contribution in [0.5, 0.6) is 0 Å². The molecule has 0 unspecified atom stereocenters. The molecule has 1 aromatic carbocycles. The molecule has 0 aliphatic carbocycles. The van der Waals surface area contributed by atoms with Crippen molar-refractivity contribution < 1.29 is 12.8 Å². The number of benzene rings is 1. The number of hydrogen-bond donors (Lipinski definition) is 1. The fraction of sp³-hybridized carbons (Fsp3) is 0. The highest BCUT2D eigenvalue weighted by Gasteiger charge is 2.18. The molecular formula is C11H7Br2FN2O2S. The van der Waals surface area contributed by atoms with Crippen LogP contribution in [-0.2, 0) is 10.0 Å². The van der Waals surface area contributed by atoms with E-state index in [4.69, 9.17) is 0 Å². The Bertz CT molecular complexity index is 705. The minimum atomic E-state index is -3.77. The molecule has 0 fully saturated rings. The maximum absolute atomic E-state index is 12.7. The van der Waals surface area contributed by atoms with Gasteiger partial charge in [0.1, 0.15) is 4.90 Å². The Morgan fingerprint density at radius 3 is 2.53 bits per heavy atom. The average Bonchev–Trinajstić information content (AvgIpc) is 2.35. The van der Waals surface area contributed by atoms with E-state index in [0.717, 1.165) is 12.3 Å². The summed E-state index contributed by atoms with van der Waals surface area (Å²) in [6, 6.07) is 7.16. The summed E-state index contributed by atoms with van der Waals surface area (Å²) < 4.78 is 40.4. The quantitative estimate of drug-likeness (QED) is 0.788. The molecule has 2 rings (SSSR count). The first kappa shape index (κ1) is 14.4. The summed E-state index contributed by atoms with van der Waals surface area (Å²) >= 11 is 6.38. The second kappa shape index (κ2) is 5.56. The summed E-state index contributed by atoms with van der Waals surface area (Å²) in [5, 5.41) is 0. The van der Waals surface area contributed by atoms with Crippen LogP contribution in [0.3, 0.4) is 0 Å². The highest BCUT2D eigenvalue weighted by Crippen LogP contribution is 2.27. The first-order valence-corrected chi connectivity index (χ1v) is 8.05. The third-order valence-electron chi connectivity index (χ3n) is 2.16. The van der Waals surface area contributed by atoms with Gasteiger partial charge in [-0.1, -0.05) is 15.9 Å². The minimum absolute atomic E-state index is 0.0752. The standard InChI is InChI=1S/C11H7Br2FN2O2S/c12-7-1-3-9(13)10(5-7)19(17,18)16-8-2-4-11(14)15-6-8/h1-6,16H. The molecule has 1 N–H and O–H groups in total. The Morgan fingerprint density at radius 1 is 1.16 bits per heavy atom. The molecule has 19 heavy (non-hydrogen) atoms. The van der Waals surface area contributed by atoms with Gasteiger partial charge in [0, 0.05) is 8.95 Å². The van der Waals surface area contributed by atoms with Crippen molar-refractivity contribution >= 4 is 47.6 Å². The molecular weight excluding hydrogens is 403 g/mol. The Morgan fingerprint density at radius 2 is 1.89 bits per heavy atom. The van der Waals surface area contributed by atoms with E-state index >= 15 is 0 Å². The average molecular weight is 410 g/mol. The van der Waals surface area contributed by atoms with E-state index in [1.54, 1.807) is 12.1 Å². The van der Waals surface area contributed by atoms with Crippen LogP contribution in [-0.4, -0.2) is 13.4 Å². The van der Waals surface area contributed by atoms with Crippen molar-refractivity contribution in [1.29, 1.82) is 0 Å². The van der Waals surface area contributed by atoms with Gasteiger partial charge in [-0.2, -0.15) is 4.39 Å². The molecule has 0 aliphatic heterocycles. The molecule has 1 aromatic heterocycles. The SMILES string of the molecule is O=S(=O)(Nc1ccc(F)nc1)c1cc(Br)ccc1Br. The minimum Gasteiger partial charge on any atom is -0.278 e. The number of rotatable bonds is 3. The molecule has 8 heteroatoms. The van der Waals surface area contributed by atoms with Gasteiger partial charge in [0.15, 0.2) is 0 Å². The summed E-state index contributed by atoms with van der Waals surface area (Å²) in [5.41, 5.74) is 0.188. The van der Waals surface area contributed by atoms with Crippen molar-refractivity contribution in [3.8, 4) is 0 Å². The molecule has 0 amide bonds. The second-order valence-electron chi connectivity index (χ2n) is 3.55. The lowest BCUT2D eigenvalue weighted by Crippen LogP contribution is -2.13. The lowest BCUT2D eigenvalue weighted by Gasteiger charge is -2.09. The fourth-order valence-electron chi connectivity index (χ4n) is 1.33. The molecule has 2 aromatic rings. The van der Waals surface area contributed by atoms with Crippen LogP contribution in [0.1, 0.15) is 0 Å². The van der Waals surface area contributed by atoms with Crippen LogP contribution < -0.4 is 4.72 Å². The normalized spacial score (nSPS) is 11.3. The third kappa shape index (κ3) is 3.52. The summed E-state index contributed by atoms with van der Waals surface area (Å²) in [6.07, 6.45) is 1.11. The molecule has 4 nitrogen and oxygen atoms in total. The molecule has 0 atom stereocenters. The van der Waals surface area contributed by atoms with E-state index in [1.165, 1.54) is 12.1 Å². The fourth-order valence-corrected chi connectivity index (χ4v) is 3.88. The number of nitrogens with zero attached hydrogens (tertiary/aromatic N) is 1. The maximum Gasteiger partial charge on any atom is 0.263 e. The third-order valence-corrected chi connectivity index (χ3v) is 5.03.